The SMILES string of the molecule is O=C(O)[C@@H](NCc1ccccc1)[C@@H](NCc1ccccc1)C(=O)O.O=C(OC(Cl)(Cl)Cl)OC(Cl)(Cl)Cl. The fourth-order valence-electron chi connectivity index (χ4n) is 2.55. The molecule has 0 heterocycles. The lowest BCUT2D eigenvalue weighted by Crippen LogP contribution is -2.56. The number of carboxylic acids is 2. The molecule has 15 heteroatoms. The highest BCUT2D eigenvalue weighted by atomic mass is 35.6. The maximum atomic E-state index is 11.5. The molecule has 0 radical (unpaired) electrons. The van der Waals surface area contributed by atoms with Crippen molar-refractivity contribution in [3.05, 3.63) is 71.8 Å². The van der Waals surface area contributed by atoms with Crippen LogP contribution in [-0.4, -0.2) is 48.3 Å². The molecular weight excluding hydrogens is 605 g/mol. The van der Waals surface area contributed by atoms with Gasteiger partial charge < -0.3 is 19.7 Å². The van der Waals surface area contributed by atoms with Crippen LogP contribution in [0.15, 0.2) is 60.7 Å². The molecule has 0 spiro atoms. The van der Waals surface area contributed by atoms with Gasteiger partial charge in [0, 0.05) is 13.1 Å². The Morgan fingerprint density at radius 2 is 0.972 bits per heavy atom. The first kappa shape index (κ1) is 32.3. The first-order valence-electron chi connectivity index (χ1n) is 9.73. The molecule has 9 nitrogen and oxygen atoms in total. The minimum Gasteiger partial charge on any atom is -0.480 e. The fourth-order valence-corrected chi connectivity index (χ4v) is 2.93. The van der Waals surface area contributed by atoms with E-state index >= 15 is 0 Å². The summed E-state index contributed by atoms with van der Waals surface area (Å²) in [6.45, 7) is 0.545. The summed E-state index contributed by atoms with van der Waals surface area (Å²) in [5, 5.41) is 24.4. The van der Waals surface area contributed by atoms with Crippen molar-refractivity contribution in [3.8, 4) is 0 Å². The van der Waals surface area contributed by atoms with E-state index in [-0.39, 0.29) is 13.1 Å². The van der Waals surface area contributed by atoms with Gasteiger partial charge >= 0.3 is 26.1 Å². The second-order valence-electron chi connectivity index (χ2n) is 6.71. The van der Waals surface area contributed by atoms with Gasteiger partial charge in [0.25, 0.3) is 0 Å². The summed E-state index contributed by atoms with van der Waals surface area (Å²) in [6.07, 6.45) is -1.41. The van der Waals surface area contributed by atoms with Gasteiger partial charge in [-0.1, -0.05) is 60.7 Å². The van der Waals surface area contributed by atoms with Crippen molar-refractivity contribution in [1.29, 1.82) is 0 Å². The minimum atomic E-state index is -2.24. The zero-order valence-electron chi connectivity index (χ0n) is 18.0. The maximum Gasteiger partial charge on any atom is 0.515 e. The quantitative estimate of drug-likeness (QED) is 0.217. The van der Waals surface area contributed by atoms with Gasteiger partial charge in [-0.15, -0.1) is 0 Å². The zero-order valence-corrected chi connectivity index (χ0v) is 22.6. The number of aliphatic carboxylic acids is 2. The molecule has 0 aliphatic heterocycles. The third-order valence-corrected chi connectivity index (χ3v) is 4.46. The van der Waals surface area contributed by atoms with Crippen LogP contribution in [0.3, 0.4) is 0 Å². The smallest absolute Gasteiger partial charge is 0.480 e. The number of alkyl halides is 6. The highest BCUT2D eigenvalue weighted by Crippen LogP contribution is 2.32. The molecule has 2 rings (SSSR count). The average molecular weight is 625 g/mol. The van der Waals surface area contributed by atoms with Crippen LogP contribution in [0.1, 0.15) is 11.1 Å². The third kappa shape index (κ3) is 14.8. The van der Waals surface area contributed by atoms with E-state index in [1.165, 1.54) is 0 Å². The van der Waals surface area contributed by atoms with Crippen LogP contribution >= 0.6 is 69.6 Å². The van der Waals surface area contributed by atoms with Crippen molar-refractivity contribution >= 4 is 87.7 Å². The van der Waals surface area contributed by atoms with E-state index < -0.39 is 38.1 Å². The summed E-state index contributed by atoms with van der Waals surface area (Å²) >= 11 is 30.2. The van der Waals surface area contributed by atoms with E-state index in [9.17, 15) is 24.6 Å². The molecule has 0 aromatic heterocycles. The number of hydrogen-bond acceptors (Lipinski definition) is 7. The van der Waals surface area contributed by atoms with Crippen molar-refractivity contribution in [2.75, 3.05) is 0 Å². The van der Waals surface area contributed by atoms with E-state index in [2.05, 4.69) is 20.1 Å². The summed E-state index contributed by atoms with van der Waals surface area (Å²) in [6, 6.07) is 16.0. The molecule has 198 valence electrons. The molecule has 2 aromatic rings. The van der Waals surface area contributed by atoms with Crippen LogP contribution in [0, 0.1) is 0 Å². The van der Waals surface area contributed by atoms with Gasteiger partial charge in [-0.05, 0) is 80.7 Å². The zero-order chi connectivity index (χ0) is 27.4. The first-order chi connectivity index (χ1) is 16.7. The Labute approximate surface area is 236 Å². The van der Waals surface area contributed by atoms with E-state index in [0.717, 1.165) is 11.1 Å². The topological polar surface area (TPSA) is 134 Å². The average Bonchev–Trinajstić information content (AvgIpc) is 2.74. The first-order valence-corrected chi connectivity index (χ1v) is 12.0. The predicted molar refractivity (Wildman–Crippen MR) is 138 cm³/mol. The van der Waals surface area contributed by atoms with Gasteiger partial charge in [0.15, 0.2) is 0 Å². The lowest BCUT2D eigenvalue weighted by Gasteiger charge is -2.23. The monoisotopic (exact) mass is 622 g/mol. The Bertz CT molecular complexity index is 895. The number of hydrogen-bond donors (Lipinski definition) is 4. The molecule has 2 aromatic carbocycles. The van der Waals surface area contributed by atoms with Gasteiger partial charge in [0.2, 0.25) is 0 Å². The Hall–Kier alpha value is -1.69. The molecule has 0 aliphatic carbocycles. The highest BCUT2D eigenvalue weighted by molar-refractivity contribution is 6.67. The summed E-state index contributed by atoms with van der Waals surface area (Å²) < 4.78 is 3.50. The van der Waals surface area contributed by atoms with Gasteiger partial charge in [-0.2, -0.15) is 0 Å². The number of nitrogens with one attached hydrogen (secondary N) is 2. The molecule has 0 saturated heterocycles. The molecular formula is C21H20Cl6N2O7. The molecule has 2 atom stereocenters. The lowest BCUT2D eigenvalue weighted by atomic mass is 10.1. The maximum absolute atomic E-state index is 11.5. The van der Waals surface area contributed by atoms with E-state index in [1.54, 1.807) is 0 Å². The third-order valence-electron chi connectivity index (χ3n) is 4.00. The van der Waals surface area contributed by atoms with Gasteiger partial charge in [0.05, 0.1) is 0 Å². The standard InChI is InChI=1S/C18H20N2O4.C3Cl6O3/c21-17(22)15(19-11-13-7-3-1-4-8-13)16(18(23)24)20-12-14-9-5-2-6-10-14;4-2(5,6)11-1(10)12-3(7,8)9/h1-10,15-16,19-20H,11-12H2,(H,21,22)(H,23,24);/t15-,16+;. The van der Waals surface area contributed by atoms with Crippen LogP contribution in [0.4, 0.5) is 4.79 Å². The molecule has 0 unspecified atom stereocenters. The van der Waals surface area contributed by atoms with Crippen LogP contribution in [0.25, 0.3) is 0 Å². The molecule has 0 aliphatic rings. The fraction of sp³-hybridized carbons (Fsp3) is 0.286. The largest absolute Gasteiger partial charge is 0.515 e. The Kier molecular flexibility index (Phi) is 14.0. The van der Waals surface area contributed by atoms with Crippen LogP contribution in [-0.2, 0) is 32.2 Å². The van der Waals surface area contributed by atoms with Crippen molar-refractivity contribution in [3.63, 3.8) is 0 Å². The lowest BCUT2D eigenvalue weighted by molar-refractivity contribution is -0.148. The van der Waals surface area contributed by atoms with Crippen LogP contribution < -0.4 is 10.6 Å². The second-order valence-corrected chi connectivity index (χ2v) is 11.1. The number of ether oxygens (including phenoxy) is 2. The Morgan fingerprint density at radius 1 is 0.667 bits per heavy atom. The summed E-state index contributed by atoms with van der Waals surface area (Å²) in [5.74, 6) is -2.42. The van der Waals surface area contributed by atoms with Crippen molar-refractivity contribution < 1.29 is 34.1 Å². The Balaban J connectivity index is 0.000000457. The summed E-state index contributed by atoms with van der Waals surface area (Å²) in [5.41, 5.74) is 1.77. The number of carbonyl (C=O) groups is 3. The van der Waals surface area contributed by atoms with Crippen molar-refractivity contribution in [1.82, 2.24) is 10.6 Å². The van der Waals surface area contributed by atoms with E-state index in [1.807, 2.05) is 60.7 Å². The normalized spacial score (nSPS) is 12.9. The summed E-state index contributed by atoms with van der Waals surface area (Å²) in [4.78, 5) is 33.5. The van der Waals surface area contributed by atoms with Crippen molar-refractivity contribution in [2.24, 2.45) is 0 Å². The van der Waals surface area contributed by atoms with Gasteiger partial charge in [-0.3, -0.25) is 20.2 Å². The van der Waals surface area contributed by atoms with Gasteiger partial charge in [-0.25, -0.2) is 4.79 Å². The molecule has 0 amide bonds. The predicted octanol–water partition coefficient (Wildman–Crippen LogP) is 5.27. The van der Waals surface area contributed by atoms with Gasteiger partial charge in [0.1, 0.15) is 12.1 Å². The molecule has 0 bridgehead atoms. The second kappa shape index (κ2) is 15.5. The van der Waals surface area contributed by atoms with Crippen molar-refractivity contribution in [2.45, 2.75) is 33.1 Å². The molecule has 4 N–H and O–H groups in total. The summed E-state index contributed by atoms with van der Waals surface area (Å²) in [7, 11) is 0. The highest BCUT2D eigenvalue weighted by Gasteiger charge is 2.33. The van der Waals surface area contributed by atoms with Crippen LogP contribution in [0.5, 0.6) is 0 Å². The number of carbonyl (C=O) groups excluding carboxylic acids is 1. The molecule has 36 heavy (non-hydrogen) atoms. The number of halogens is 6. The minimum absolute atomic E-state index is 0.272. The van der Waals surface area contributed by atoms with E-state index in [4.69, 9.17) is 69.6 Å². The Morgan fingerprint density at radius 3 is 1.22 bits per heavy atom. The number of benzene rings is 2. The number of rotatable bonds is 9. The molecule has 0 fully saturated rings. The number of carboxylic acid groups (broad SMARTS) is 2. The van der Waals surface area contributed by atoms with E-state index in [0.29, 0.717) is 0 Å². The molecule has 0 saturated carbocycles. The van der Waals surface area contributed by atoms with Crippen LogP contribution in [0.2, 0.25) is 0 Å².